The van der Waals surface area contributed by atoms with E-state index in [0.29, 0.717) is 6.42 Å². The Morgan fingerprint density at radius 2 is 1.94 bits per heavy atom. The highest BCUT2D eigenvalue weighted by Crippen LogP contribution is 2.67. The van der Waals surface area contributed by atoms with Crippen LogP contribution in [0.25, 0.3) is 0 Å². The minimum atomic E-state index is -1.73. The van der Waals surface area contributed by atoms with Gasteiger partial charge in [-0.25, -0.2) is 0 Å². The van der Waals surface area contributed by atoms with Crippen LogP contribution in [0.5, 0.6) is 0 Å². The number of carbonyl (C=O) groups is 1. The molecule has 5 heteroatoms. The largest absolute Gasteiger partial charge is 0.359 e. The van der Waals surface area contributed by atoms with E-state index in [1.165, 1.54) is 14.2 Å². The Bertz CT molecular complexity index is 386. The minimum Gasteiger partial charge on any atom is -0.359 e. The topological polar surface area (TPSA) is 65.0 Å². The summed E-state index contributed by atoms with van der Waals surface area (Å²) in [5.74, 6) is -3.84. The van der Waals surface area contributed by atoms with Gasteiger partial charge in [0.2, 0.25) is 11.6 Å². The maximum absolute atomic E-state index is 12.2. The molecule has 0 radical (unpaired) electrons. The highest BCUT2D eigenvalue weighted by Gasteiger charge is 2.82. The van der Waals surface area contributed by atoms with Gasteiger partial charge < -0.3 is 19.3 Å². The van der Waals surface area contributed by atoms with Crippen LogP contribution < -0.4 is 0 Å². The Labute approximate surface area is 100 Å². The lowest BCUT2D eigenvalue weighted by molar-refractivity contribution is -0.269. The van der Waals surface area contributed by atoms with Crippen LogP contribution in [0.4, 0.5) is 0 Å². The van der Waals surface area contributed by atoms with Crippen LogP contribution in [0.3, 0.4) is 0 Å². The molecule has 3 rings (SSSR count). The zero-order valence-electron chi connectivity index (χ0n) is 10.5. The molecule has 4 atom stereocenters. The van der Waals surface area contributed by atoms with Gasteiger partial charge in [-0.2, -0.15) is 0 Å². The van der Waals surface area contributed by atoms with Crippen LogP contribution in [0, 0.1) is 17.8 Å². The second-order valence-corrected chi connectivity index (χ2v) is 5.77. The van der Waals surface area contributed by atoms with Crippen LogP contribution in [0.1, 0.15) is 20.3 Å². The van der Waals surface area contributed by atoms with Crippen molar-refractivity contribution >= 4 is 5.78 Å². The molecule has 3 fully saturated rings. The number of hydrogen-bond acceptors (Lipinski definition) is 5. The van der Waals surface area contributed by atoms with Crippen molar-refractivity contribution in [2.75, 3.05) is 14.2 Å². The summed E-state index contributed by atoms with van der Waals surface area (Å²) >= 11 is 0. The molecule has 1 aliphatic heterocycles. The molecule has 0 amide bonds. The average molecular weight is 242 g/mol. The van der Waals surface area contributed by atoms with E-state index < -0.39 is 29.0 Å². The number of carbonyl (C=O) groups excluding carboxylic acids is 1. The Balaban J connectivity index is 2.17. The average Bonchev–Trinajstić information content (AvgIpc) is 2.74. The molecule has 0 aromatic rings. The lowest BCUT2D eigenvalue weighted by atomic mass is 9.79. The van der Waals surface area contributed by atoms with Crippen molar-refractivity contribution in [2.45, 2.75) is 37.4 Å². The third kappa shape index (κ3) is 0.989. The van der Waals surface area contributed by atoms with Gasteiger partial charge in [-0.1, -0.05) is 0 Å². The molecule has 1 saturated heterocycles. The fraction of sp³-hybridized carbons (Fsp3) is 0.917. The van der Waals surface area contributed by atoms with E-state index in [4.69, 9.17) is 14.2 Å². The normalized spacial score (nSPS) is 49.0. The van der Waals surface area contributed by atoms with Gasteiger partial charge in [0.1, 0.15) is 0 Å². The summed E-state index contributed by atoms with van der Waals surface area (Å²) < 4.78 is 16.6. The van der Waals surface area contributed by atoms with Gasteiger partial charge in [0, 0.05) is 20.1 Å². The molecule has 0 aromatic heterocycles. The molecule has 2 aliphatic carbocycles. The third-order valence-corrected chi connectivity index (χ3v) is 4.85. The molecule has 2 bridgehead atoms. The molecule has 1 heterocycles. The second-order valence-electron chi connectivity index (χ2n) is 5.77. The lowest BCUT2D eigenvalue weighted by Gasteiger charge is -2.31. The SMILES string of the molecule is COC1(OC)[C@H]2C[C@H]3[C@@H]1[C@](O)(OC3(C)C)C2=O. The summed E-state index contributed by atoms with van der Waals surface area (Å²) in [5, 5.41) is 10.5. The smallest absolute Gasteiger partial charge is 0.236 e. The fourth-order valence-electron chi connectivity index (χ4n) is 4.19. The summed E-state index contributed by atoms with van der Waals surface area (Å²) in [6.45, 7) is 3.80. The first-order valence-corrected chi connectivity index (χ1v) is 5.90. The van der Waals surface area contributed by atoms with Crippen LogP contribution in [0.15, 0.2) is 0 Å². The van der Waals surface area contributed by atoms with Crippen LogP contribution >= 0.6 is 0 Å². The molecule has 0 spiro atoms. The summed E-state index contributed by atoms with van der Waals surface area (Å²) in [6, 6.07) is 0. The van der Waals surface area contributed by atoms with Gasteiger partial charge in [0.05, 0.1) is 17.4 Å². The zero-order valence-corrected chi connectivity index (χ0v) is 10.5. The van der Waals surface area contributed by atoms with Gasteiger partial charge in [-0.05, 0) is 20.3 Å². The number of rotatable bonds is 2. The van der Waals surface area contributed by atoms with Crippen molar-refractivity contribution in [3.05, 3.63) is 0 Å². The molecule has 0 unspecified atom stereocenters. The predicted molar refractivity (Wildman–Crippen MR) is 57.0 cm³/mol. The zero-order chi connectivity index (χ0) is 12.6. The number of fused-ring (bicyclic) bond motifs is 1. The summed E-state index contributed by atoms with van der Waals surface area (Å²) in [4.78, 5) is 12.2. The molecule has 5 nitrogen and oxygen atoms in total. The summed E-state index contributed by atoms with van der Waals surface area (Å²) in [7, 11) is 3.03. The summed E-state index contributed by atoms with van der Waals surface area (Å²) in [5.41, 5.74) is -0.525. The molecule has 3 aliphatic rings. The van der Waals surface area contributed by atoms with Gasteiger partial charge in [0.25, 0.3) is 0 Å². The van der Waals surface area contributed by atoms with Crippen molar-refractivity contribution in [2.24, 2.45) is 17.8 Å². The second kappa shape index (κ2) is 2.91. The third-order valence-electron chi connectivity index (χ3n) is 4.85. The highest BCUT2D eigenvalue weighted by atomic mass is 16.7. The molecule has 1 N–H and O–H groups in total. The molecular formula is C12H18O5. The number of aliphatic hydroxyl groups is 1. The molecule has 17 heavy (non-hydrogen) atoms. The Morgan fingerprint density at radius 3 is 2.41 bits per heavy atom. The summed E-state index contributed by atoms with van der Waals surface area (Å²) in [6.07, 6.45) is 0.653. The van der Waals surface area contributed by atoms with E-state index in [0.717, 1.165) is 0 Å². The number of ether oxygens (including phenoxy) is 3. The van der Waals surface area contributed by atoms with Gasteiger partial charge in [-0.15, -0.1) is 0 Å². The first kappa shape index (κ1) is 11.6. The molecule has 96 valence electrons. The van der Waals surface area contributed by atoms with E-state index in [1.807, 2.05) is 13.8 Å². The Kier molecular flexibility index (Phi) is 1.98. The van der Waals surface area contributed by atoms with E-state index in [2.05, 4.69) is 0 Å². The minimum absolute atomic E-state index is 0.0788. The van der Waals surface area contributed by atoms with E-state index in [1.54, 1.807) is 0 Å². The van der Waals surface area contributed by atoms with Gasteiger partial charge in [0.15, 0.2) is 5.79 Å². The maximum Gasteiger partial charge on any atom is 0.236 e. The van der Waals surface area contributed by atoms with E-state index in [-0.39, 0.29) is 11.7 Å². The number of ketones is 1. The predicted octanol–water partition coefficient (Wildman–Crippen LogP) is 0.308. The molecule has 0 aromatic carbocycles. The Morgan fingerprint density at radius 1 is 1.35 bits per heavy atom. The van der Waals surface area contributed by atoms with Crippen molar-refractivity contribution in [3.8, 4) is 0 Å². The maximum atomic E-state index is 12.2. The number of hydrogen-bond donors (Lipinski definition) is 1. The molecule has 2 saturated carbocycles. The van der Waals surface area contributed by atoms with Crippen LogP contribution in [-0.2, 0) is 19.0 Å². The van der Waals surface area contributed by atoms with Crippen molar-refractivity contribution in [3.63, 3.8) is 0 Å². The first-order valence-electron chi connectivity index (χ1n) is 5.90. The van der Waals surface area contributed by atoms with Crippen molar-refractivity contribution < 1.29 is 24.1 Å². The van der Waals surface area contributed by atoms with Crippen molar-refractivity contribution in [1.29, 1.82) is 0 Å². The lowest BCUT2D eigenvalue weighted by Crippen LogP contribution is -2.46. The van der Waals surface area contributed by atoms with E-state index >= 15 is 0 Å². The van der Waals surface area contributed by atoms with Gasteiger partial charge >= 0.3 is 0 Å². The molecular weight excluding hydrogens is 224 g/mol. The number of Topliss-reactive ketones (excluding diaryl/α,β-unsaturated/α-hetero) is 1. The standard InChI is InChI=1S/C12H18O5/c1-10(2)6-5-7-9(13)11(14,17-10)8(6)12(7,15-3)16-4/h6-8,14H,5H2,1-4H3/t6-,7-,8+,11-/m0/s1. The Hall–Kier alpha value is -0.490. The van der Waals surface area contributed by atoms with Gasteiger partial charge in [-0.3, -0.25) is 4.79 Å². The van der Waals surface area contributed by atoms with Crippen LogP contribution in [0.2, 0.25) is 0 Å². The quantitative estimate of drug-likeness (QED) is 0.706. The first-order chi connectivity index (χ1) is 7.83. The van der Waals surface area contributed by atoms with Crippen LogP contribution in [-0.4, -0.2) is 42.3 Å². The van der Waals surface area contributed by atoms with Crippen molar-refractivity contribution in [1.82, 2.24) is 0 Å². The monoisotopic (exact) mass is 242 g/mol. The number of methoxy groups -OCH3 is 2. The fourth-order valence-corrected chi connectivity index (χ4v) is 4.19. The van der Waals surface area contributed by atoms with E-state index in [9.17, 15) is 9.90 Å². The highest BCUT2D eigenvalue weighted by molar-refractivity contribution is 5.94.